The van der Waals surface area contributed by atoms with Crippen molar-refractivity contribution < 1.29 is 18.8 Å². The molecule has 2 aromatic carbocycles. The molecule has 0 aliphatic carbocycles. The average Bonchev–Trinajstić information content (AvgIpc) is 2.72. The maximum atomic E-state index is 13.0. The summed E-state index contributed by atoms with van der Waals surface area (Å²) >= 11 is 0. The minimum absolute atomic E-state index is 0.0245. The number of hydrogen-bond acceptors (Lipinski definition) is 4. The highest BCUT2D eigenvalue weighted by Crippen LogP contribution is 2.15. The van der Waals surface area contributed by atoms with Gasteiger partial charge in [0.1, 0.15) is 5.82 Å². The lowest BCUT2D eigenvalue weighted by Crippen LogP contribution is -2.52. The molecular weight excluding hydrogens is 399 g/mol. The van der Waals surface area contributed by atoms with E-state index in [9.17, 15) is 18.8 Å². The van der Waals surface area contributed by atoms with Crippen LogP contribution < -0.4 is 10.6 Å². The van der Waals surface area contributed by atoms with Crippen LogP contribution in [0.25, 0.3) is 0 Å². The standard InChI is InChI=1S/C23H27FN4O3/c1-16-3-8-20(17(2)13-16)25-23(31)26-21(29)15-27-9-11-28(12-10-27)22(30)14-18-4-6-19(24)7-5-18/h3-8,13H,9-12,14-15H2,1-2H3,(H2,25,26,29,31). The molecule has 2 N–H and O–H groups in total. The number of carbonyl (C=O) groups excluding carboxylic acids is 3. The molecule has 8 heteroatoms. The van der Waals surface area contributed by atoms with Gasteiger partial charge in [0.05, 0.1) is 13.0 Å². The highest BCUT2D eigenvalue weighted by molar-refractivity contribution is 6.02. The van der Waals surface area contributed by atoms with E-state index in [1.54, 1.807) is 23.1 Å². The van der Waals surface area contributed by atoms with Gasteiger partial charge in [-0.15, -0.1) is 0 Å². The molecule has 0 unspecified atom stereocenters. The largest absolute Gasteiger partial charge is 0.340 e. The Bertz CT molecular complexity index is 954. The number of imide groups is 1. The first-order chi connectivity index (χ1) is 14.8. The van der Waals surface area contributed by atoms with E-state index in [2.05, 4.69) is 10.6 Å². The van der Waals surface area contributed by atoms with Crippen LogP contribution in [0.3, 0.4) is 0 Å². The van der Waals surface area contributed by atoms with Crippen LogP contribution in [-0.2, 0) is 16.0 Å². The van der Waals surface area contributed by atoms with E-state index in [1.807, 2.05) is 30.9 Å². The fraction of sp³-hybridized carbons (Fsp3) is 0.348. The monoisotopic (exact) mass is 426 g/mol. The number of amides is 4. The molecule has 4 amide bonds. The van der Waals surface area contributed by atoms with Crippen LogP contribution in [-0.4, -0.2) is 60.4 Å². The quantitative estimate of drug-likeness (QED) is 0.770. The van der Waals surface area contributed by atoms with E-state index < -0.39 is 11.9 Å². The van der Waals surface area contributed by atoms with Crippen LogP contribution in [0, 0.1) is 19.7 Å². The number of nitrogens with one attached hydrogen (secondary N) is 2. The van der Waals surface area contributed by atoms with E-state index >= 15 is 0 Å². The fourth-order valence-electron chi connectivity index (χ4n) is 3.52. The smallest absolute Gasteiger partial charge is 0.325 e. The van der Waals surface area contributed by atoms with Gasteiger partial charge in [-0.3, -0.25) is 19.8 Å². The van der Waals surface area contributed by atoms with Gasteiger partial charge < -0.3 is 10.2 Å². The molecule has 0 bridgehead atoms. The van der Waals surface area contributed by atoms with E-state index in [0.29, 0.717) is 31.9 Å². The Hall–Kier alpha value is -3.26. The molecule has 2 aromatic rings. The molecule has 0 radical (unpaired) electrons. The fourth-order valence-corrected chi connectivity index (χ4v) is 3.52. The summed E-state index contributed by atoms with van der Waals surface area (Å²) in [5.74, 6) is -0.748. The van der Waals surface area contributed by atoms with Crippen LogP contribution in [0.4, 0.5) is 14.9 Å². The third-order valence-corrected chi connectivity index (χ3v) is 5.24. The lowest BCUT2D eigenvalue weighted by molar-refractivity contribution is -0.132. The molecule has 1 saturated heterocycles. The first-order valence-corrected chi connectivity index (χ1v) is 10.2. The van der Waals surface area contributed by atoms with Crippen LogP contribution >= 0.6 is 0 Å². The minimum Gasteiger partial charge on any atom is -0.340 e. The molecule has 7 nitrogen and oxygen atoms in total. The molecule has 1 fully saturated rings. The highest BCUT2D eigenvalue weighted by Gasteiger charge is 2.23. The number of aryl methyl sites for hydroxylation is 2. The number of anilines is 1. The third-order valence-electron chi connectivity index (χ3n) is 5.24. The summed E-state index contributed by atoms with van der Waals surface area (Å²) in [5, 5.41) is 5.04. The van der Waals surface area contributed by atoms with Crippen molar-refractivity contribution in [2.75, 3.05) is 38.0 Å². The van der Waals surface area contributed by atoms with Crippen LogP contribution in [0.1, 0.15) is 16.7 Å². The molecule has 0 saturated carbocycles. The summed E-state index contributed by atoms with van der Waals surface area (Å²) in [6.45, 7) is 6.03. The van der Waals surface area contributed by atoms with Gasteiger partial charge in [0, 0.05) is 31.9 Å². The van der Waals surface area contributed by atoms with Crippen molar-refractivity contribution in [3.05, 3.63) is 65.0 Å². The maximum Gasteiger partial charge on any atom is 0.325 e. The van der Waals surface area contributed by atoms with Crippen molar-refractivity contribution in [3.63, 3.8) is 0 Å². The van der Waals surface area contributed by atoms with Crippen LogP contribution in [0.15, 0.2) is 42.5 Å². The van der Waals surface area contributed by atoms with Gasteiger partial charge in [-0.1, -0.05) is 29.8 Å². The summed E-state index contributed by atoms with van der Waals surface area (Å²) < 4.78 is 13.0. The molecule has 0 atom stereocenters. The summed E-state index contributed by atoms with van der Waals surface area (Å²) in [6.07, 6.45) is 0.222. The van der Waals surface area contributed by atoms with Crippen molar-refractivity contribution in [3.8, 4) is 0 Å². The molecule has 3 rings (SSSR count). The van der Waals surface area contributed by atoms with Crippen LogP contribution in [0.5, 0.6) is 0 Å². The second-order valence-electron chi connectivity index (χ2n) is 7.78. The zero-order valence-electron chi connectivity index (χ0n) is 17.8. The summed E-state index contributed by atoms with van der Waals surface area (Å²) in [6, 6.07) is 11.0. The van der Waals surface area contributed by atoms with Gasteiger partial charge in [0.2, 0.25) is 11.8 Å². The molecule has 0 aromatic heterocycles. The van der Waals surface area contributed by atoms with E-state index in [4.69, 9.17) is 0 Å². The first kappa shape index (κ1) is 22.4. The molecule has 164 valence electrons. The lowest BCUT2D eigenvalue weighted by Gasteiger charge is -2.34. The Morgan fingerprint density at radius 2 is 1.65 bits per heavy atom. The maximum absolute atomic E-state index is 13.0. The van der Waals surface area contributed by atoms with Gasteiger partial charge in [0.15, 0.2) is 0 Å². The number of urea groups is 1. The summed E-state index contributed by atoms with van der Waals surface area (Å²) in [5.41, 5.74) is 3.44. The first-order valence-electron chi connectivity index (χ1n) is 10.2. The number of hydrogen-bond donors (Lipinski definition) is 2. The Morgan fingerprint density at radius 3 is 2.29 bits per heavy atom. The third kappa shape index (κ3) is 6.62. The molecule has 31 heavy (non-hydrogen) atoms. The molecule has 0 spiro atoms. The molecular formula is C23H27FN4O3. The van der Waals surface area contributed by atoms with Gasteiger partial charge in [-0.25, -0.2) is 9.18 Å². The van der Waals surface area contributed by atoms with Gasteiger partial charge in [0.25, 0.3) is 0 Å². The minimum atomic E-state index is -0.565. The molecule has 1 heterocycles. The molecule has 1 aliphatic heterocycles. The number of carbonyl (C=O) groups is 3. The second kappa shape index (κ2) is 10.2. The Kier molecular flexibility index (Phi) is 7.36. The van der Waals surface area contributed by atoms with Crippen molar-refractivity contribution in [2.45, 2.75) is 20.3 Å². The van der Waals surface area contributed by atoms with Gasteiger partial charge in [-0.05, 0) is 43.2 Å². The summed E-state index contributed by atoms with van der Waals surface area (Å²) in [4.78, 5) is 40.4. The zero-order valence-corrected chi connectivity index (χ0v) is 17.8. The predicted octanol–water partition coefficient (Wildman–Crippen LogP) is 2.48. The number of rotatable bonds is 5. The Balaban J connectivity index is 1.40. The van der Waals surface area contributed by atoms with E-state index in [1.165, 1.54) is 12.1 Å². The molecule has 1 aliphatic rings. The zero-order chi connectivity index (χ0) is 22.4. The van der Waals surface area contributed by atoms with Crippen molar-refractivity contribution in [2.24, 2.45) is 0 Å². The van der Waals surface area contributed by atoms with Crippen molar-refractivity contribution >= 4 is 23.5 Å². The Labute approximate surface area is 181 Å². The Morgan fingerprint density at radius 1 is 0.968 bits per heavy atom. The predicted molar refractivity (Wildman–Crippen MR) is 116 cm³/mol. The van der Waals surface area contributed by atoms with Crippen LogP contribution in [0.2, 0.25) is 0 Å². The van der Waals surface area contributed by atoms with Gasteiger partial charge in [-0.2, -0.15) is 0 Å². The number of nitrogens with zero attached hydrogens (tertiary/aromatic N) is 2. The van der Waals surface area contributed by atoms with Gasteiger partial charge >= 0.3 is 6.03 Å². The topological polar surface area (TPSA) is 81.8 Å². The SMILES string of the molecule is Cc1ccc(NC(=O)NC(=O)CN2CCN(C(=O)Cc3ccc(F)cc3)CC2)c(C)c1. The normalized spacial score (nSPS) is 14.2. The highest BCUT2D eigenvalue weighted by atomic mass is 19.1. The number of benzene rings is 2. The summed E-state index contributed by atoms with van der Waals surface area (Å²) in [7, 11) is 0. The van der Waals surface area contributed by atoms with E-state index in [-0.39, 0.29) is 24.7 Å². The number of halogens is 1. The van der Waals surface area contributed by atoms with E-state index in [0.717, 1.165) is 16.7 Å². The van der Waals surface area contributed by atoms with Crippen molar-refractivity contribution in [1.29, 1.82) is 0 Å². The second-order valence-corrected chi connectivity index (χ2v) is 7.78. The average molecular weight is 426 g/mol. The van der Waals surface area contributed by atoms with Crippen molar-refractivity contribution in [1.82, 2.24) is 15.1 Å². The number of piperazine rings is 1. The lowest BCUT2D eigenvalue weighted by atomic mass is 10.1.